The van der Waals surface area contributed by atoms with E-state index in [0.29, 0.717) is 23.6 Å². The molecule has 8 nitrogen and oxygen atoms in total. The molecule has 1 aromatic carbocycles. The number of sulfonamides is 1. The minimum atomic E-state index is -3.90. The molecular formula is C23H30ClN3O5S. The monoisotopic (exact) mass is 495 g/mol. The highest BCUT2D eigenvalue weighted by Crippen LogP contribution is 2.27. The zero-order chi connectivity index (χ0) is 23.8. The van der Waals surface area contributed by atoms with Gasteiger partial charge in [-0.15, -0.1) is 0 Å². The van der Waals surface area contributed by atoms with Crippen molar-refractivity contribution in [3.63, 3.8) is 0 Å². The number of carbonyl (C=O) groups is 2. The van der Waals surface area contributed by atoms with Gasteiger partial charge >= 0.3 is 0 Å². The van der Waals surface area contributed by atoms with Crippen molar-refractivity contribution >= 4 is 33.4 Å². The number of hydrogen-bond acceptors (Lipinski definition) is 5. The second kappa shape index (κ2) is 11.7. The first-order valence-corrected chi connectivity index (χ1v) is 13.0. The highest BCUT2D eigenvalue weighted by atomic mass is 35.5. The van der Waals surface area contributed by atoms with Crippen LogP contribution >= 0.6 is 11.6 Å². The third-order valence-electron chi connectivity index (χ3n) is 5.76. The molecule has 1 atom stereocenters. The summed E-state index contributed by atoms with van der Waals surface area (Å²) in [6, 6.07) is 8.45. The lowest BCUT2D eigenvalue weighted by Gasteiger charge is -2.36. The van der Waals surface area contributed by atoms with Crippen LogP contribution in [-0.2, 0) is 26.2 Å². The molecule has 0 saturated heterocycles. The Labute approximate surface area is 199 Å². The molecule has 1 aliphatic rings. The predicted molar refractivity (Wildman–Crippen MR) is 125 cm³/mol. The molecule has 0 spiro atoms. The van der Waals surface area contributed by atoms with E-state index >= 15 is 0 Å². The van der Waals surface area contributed by atoms with Gasteiger partial charge in [-0.1, -0.05) is 37.8 Å². The Balaban J connectivity index is 1.74. The summed E-state index contributed by atoms with van der Waals surface area (Å²) in [5, 5.41) is 3.27. The van der Waals surface area contributed by atoms with E-state index in [2.05, 4.69) is 10.0 Å². The van der Waals surface area contributed by atoms with Gasteiger partial charge in [0, 0.05) is 11.1 Å². The molecule has 0 unspecified atom stereocenters. The highest BCUT2D eigenvalue weighted by Gasteiger charge is 2.36. The summed E-state index contributed by atoms with van der Waals surface area (Å²) in [6.45, 7) is 1.75. The number of nitrogens with zero attached hydrogens (tertiary/aromatic N) is 1. The number of amides is 2. The summed E-state index contributed by atoms with van der Waals surface area (Å²) in [6.07, 6.45) is 6.24. The van der Waals surface area contributed by atoms with Gasteiger partial charge in [-0.25, -0.2) is 13.1 Å². The van der Waals surface area contributed by atoms with E-state index < -0.39 is 28.5 Å². The molecule has 3 rings (SSSR count). The van der Waals surface area contributed by atoms with E-state index in [1.165, 1.54) is 30.5 Å². The Morgan fingerprint density at radius 1 is 1.18 bits per heavy atom. The Kier molecular flexibility index (Phi) is 8.94. The van der Waals surface area contributed by atoms with Gasteiger partial charge in [-0.2, -0.15) is 0 Å². The van der Waals surface area contributed by atoms with Crippen LogP contribution in [0.3, 0.4) is 0 Å². The SMILES string of the molecule is CCC[C@H](C(=O)NCc1ccco1)N(C(=O)CNS(=O)(=O)c1ccc(Cl)cc1)C1CCCC1. The summed E-state index contributed by atoms with van der Waals surface area (Å²) in [7, 11) is -3.90. The summed E-state index contributed by atoms with van der Waals surface area (Å²) in [5.74, 6) is -0.0619. The van der Waals surface area contributed by atoms with Crippen LogP contribution in [0.4, 0.5) is 0 Å². The molecule has 2 aromatic rings. The second-order valence-corrected chi connectivity index (χ2v) is 10.3. The fourth-order valence-corrected chi connectivity index (χ4v) is 5.24. The number of rotatable bonds is 11. The Hall–Kier alpha value is -2.36. The maximum atomic E-state index is 13.3. The van der Waals surface area contributed by atoms with Crippen LogP contribution in [0.25, 0.3) is 0 Å². The lowest BCUT2D eigenvalue weighted by molar-refractivity contribution is -0.142. The number of carbonyl (C=O) groups excluding carboxylic acids is 2. The van der Waals surface area contributed by atoms with Crippen LogP contribution in [0, 0.1) is 0 Å². The average Bonchev–Trinajstić information content (AvgIpc) is 3.51. The number of nitrogens with one attached hydrogen (secondary N) is 2. The molecule has 10 heteroatoms. The fourth-order valence-electron chi connectivity index (χ4n) is 4.13. The summed E-state index contributed by atoms with van der Waals surface area (Å²) in [5.41, 5.74) is 0. The molecular weight excluding hydrogens is 466 g/mol. The number of hydrogen-bond donors (Lipinski definition) is 2. The Bertz CT molecular complexity index is 1020. The lowest BCUT2D eigenvalue weighted by atomic mass is 10.0. The molecule has 0 radical (unpaired) electrons. The molecule has 180 valence electrons. The zero-order valence-corrected chi connectivity index (χ0v) is 20.2. The summed E-state index contributed by atoms with van der Waals surface area (Å²) < 4.78 is 32.9. The van der Waals surface area contributed by atoms with Crippen molar-refractivity contribution in [1.29, 1.82) is 0 Å². The van der Waals surface area contributed by atoms with Crippen LogP contribution in [-0.4, -0.2) is 43.8 Å². The van der Waals surface area contributed by atoms with Gasteiger partial charge in [-0.05, 0) is 55.7 Å². The minimum Gasteiger partial charge on any atom is -0.467 e. The molecule has 1 fully saturated rings. The van der Waals surface area contributed by atoms with E-state index in [1.54, 1.807) is 17.0 Å². The third kappa shape index (κ3) is 6.82. The van der Waals surface area contributed by atoms with Gasteiger partial charge in [0.25, 0.3) is 0 Å². The number of halogens is 1. The van der Waals surface area contributed by atoms with Crippen LogP contribution < -0.4 is 10.0 Å². The van der Waals surface area contributed by atoms with Gasteiger partial charge in [0.15, 0.2) is 0 Å². The topological polar surface area (TPSA) is 109 Å². The normalized spacial score (nSPS) is 15.3. The third-order valence-corrected chi connectivity index (χ3v) is 7.43. The lowest BCUT2D eigenvalue weighted by Crippen LogP contribution is -2.55. The van der Waals surface area contributed by atoms with Gasteiger partial charge < -0.3 is 14.6 Å². The molecule has 0 aliphatic heterocycles. The quantitative estimate of drug-likeness (QED) is 0.496. The van der Waals surface area contributed by atoms with Gasteiger partial charge in [0.05, 0.1) is 24.2 Å². The van der Waals surface area contributed by atoms with Crippen molar-refractivity contribution in [1.82, 2.24) is 14.9 Å². The van der Waals surface area contributed by atoms with E-state index in [9.17, 15) is 18.0 Å². The Morgan fingerprint density at radius 3 is 2.48 bits per heavy atom. The van der Waals surface area contributed by atoms with Crippen molar-refractivity contribution in [2.45, 2.75) is 69.0 Å². The van der Waals surface area contributed by atoms with E-state index in [-0.39, 0.29) is 23.4 Å². The van der Waals surface area contributed by atoms with Crippen LogP contribution in [0.2, 0.25) is 5.02 Å². The molecule has 0 bridgehead atoms. The predicted octanol–water partition coefficient (Wildman–Crippen LogP) is 3.47. The molecule has 1 heterocycles. The van der Waals surface area contributed by atoms with Crippen molar-refractivity contribution in [2.75, 3.05) is 6.54 Å². The maximum Gasteiger partial charge on any atom is 0.243 e. The van der Waals surface area contributed by atoms with Crippen LogP contribution in [0.1, 0.15) is 51.2 Å². The maximum absolute atomic E-state index is 13.3. The fraction of sp³-hybridized carbons (Fsp3) is 0.478. The minimum absolute atomic E-state index is 0.0217. The van der Waals surface area contributed by atoms with Crippen molar-refractivity contribution < 1.29 is 22.4 Å². The van der Waals surface area contributed by atoms with Crippen LogP contribution in [0.5, 0.6) is 0 Å². The highest BCUT2D eigenvalue weighted by molar-refractivity contribution is 7.89. The average molecular weight is 496 g/mol. The van der Waals surface area contributed by atoms with Gasteiger partial charge in [-0.3, -0.25) is 9.59 Å². The standard InChI is InChI=1S/C23H30ClN3O5S/c1-2-6-21(23(29)25-15-19-9-5-14-32-19)27(18-7-3-4-8-18)22(28)16-26-33(30,31)20-12-10-17(24)11-13-20/h5,9-14,18,21,26H,2-4,6-8,15-16H2,1H3,(H,25,29)/t21-/m1/s1. The molecule has 2 N–H and O–H groups in total. The van der Waals surface area contributed by atoms with Crippen LogP contribution in [0.15, 0.2) is 52.0 Å². The Morgan fingerprint density at radius 2 is 1.88 bits per heavy atom. The molecule has 1 aliphatic carbocycles. The van der Waals surface area contributed by atoms with Crippen molar-refractivity contribution in [3.05, 3.63) is 53.4 Å². The summed E-state index contributed by atoms with van der Waals surface area (Å²) >= 11 is 5.84. The second-order valence-electron chi connectivity index (χ2n) is 8.12. The molecule has 2 amide bonds. The number of benzene rings is 1. The zero-order valence-electron chi connectivity index (χ0n) is 18.6. The van der Waals surface area contributed by atoms with Gasteiger partial charge in [0.2, 0.25) is 21.8 Å². The smallest absolute Gasteiger partial charge is 0.243 e. The van der Waals surface area contributed by atoms with Gasteiger partial charge in [0.1, 0.15) is 11.8 Å². The van der Waals surface area contributed by atoms with E-state index in [0.717, 1.165) is 25.7 Å². The largest absolute Gasteiger partial charge is 0.467 e. The number of furan rings is 1. The molecule has 1 saturated carbocycles. The van der Waals surface area contributed by atoms with E-state index in [1.807, 2.05) is 6.92 Å². The first kappa shape index (κ1) is 25.3. The molecule has 1 aromatic heterocycles. The molecule has 33 heavy (non-hydrogen) atoms. The first-order chi connectivity index (χ1) is 15.8. The first-order valence-electron chi connectivity index (χ1n) is 11.2. The van der Waals surface area contributed by atoms with E-state index in [4.69, 9.17) is 16.0 Å². The van der Waals surface area contributed by atoms with Crippen molar-refractivity contribution in [2.24, 2.45) is 0 Å². The summed E-state index contributed by atoms with van der Waals surface area (Å²) in [4.78, 5) is 28.0. The van der Waals surface area contributed by atoms with Crippen molar-refractivity contribution in [3.8, 4) is 0 Å².